The van der Waals surface area contributed by atoms with E-state index in [0.717, 1.165) is 41.5 Å². The quantitative estimate of drug-likeness (QED) is 0.432. The highest BCUT2D eigenvalue weighted by Crippen LogP contribution is 2.31. The number of piperidine rings is 1. The number of nitrogens with one attached hydrogen (secondary N) is 1. The van der Waals surface area contributed by atoms with E-state index in [1.54, 1.807) is 18.6 Å². The Morgan fingerprint density at radius 2 is 1.83 bits per heavy atom. The highest BCUT2D eigenvalue weighted by molar-refractivity contribution is 5.94. The van der Waals surface area contributed by atoms with E-state index >= 15 is 0 Å². The van der Waals surface area contributed by atoms with Crippen molar-refractivity contribution < 1.29 is 13.6 Å². The van der Waals surface area contributed by atoms with Crippen molar-refractivity contribution in [3.63, 3.8) is 0 Å². The van der Waals surface area contributed by atoms with E-state index in [-0.39, 0.29) is 23.6 Å². The molecule has 0 saturated carbocycles. The Morgan fingerprint density at radius 3 is 2.63 bits per heavy atom. The third-order valence-electron chi connectivity index (χ3n) is 6.52. The summed E-state index contributed by atoms with van der Waals surface area (Å²) in [5.41, 5.74) is 3.45. The number of nitrogens with zero attached hydrogens (tertiary/aromatic N) is 4. The Bertz CT molecular complexity index is 1350. The molecule has 3 aromatic heterocycles. The molecule has 4 aromatic rings. The molecule has 2 atom stereocenters. The van der Waals surface area contributed by atoms with Crippen LogP contribution >= 0.6 is 0 Å². The Hall–Kier alpha value is -3.78. The van der Waals surface area contributed by atoms with Crippen molar-refractivity contribution in [2.45, 2.75) is 31.4 Å². The van der Waals surface area contributed by atoms with Crippen LogP contribution in [0.1, 0.15) is 46.9 Å². The summed E-state index contributed by atoms with van der Waals surface area (Å²) in [5, 5.41) is 4.04. The van der Waals surface area contributed by atoms with E-state index < -0.39 is 6.43 Å². The van der Waals surface area contributed by atoms with E-state index in [2.05, 4.69) is 32.2 Å². The predicted molar refractivity (Wildman–Crippen MR) is 130 cm³/mol. The van der Waals surface area contributed by atoms with Crippen LogP contribution in [0.3, 0.4) is 0 Å². The number of carbonyl (C=O) groups is 1. The lowest BCUT2D eigenvalue weighted by Crippen LogP contribution is -2.45. The van der Waals surface area contributed by atoms with Crippen LogP contribution in [0.4, 0.5) is 8.78 Å². The molecule has 2 unspecified atom stereocenters. The second-order valence-electron chi connectivity index (χ2n) is 8.89. The average molecular weight is 474 g/mol. The number of hydrogen-bond acceptors (Lipinski definition) is 5. The van der Waals surface area contributed by atoms with Crippen LogP contribution in [-0.2, 0) is 0 Å². The first-order valence-corrected chi connectivity index (χ1v) is 11.5. The highest BCUT2D eigenvalue weighted by atomic mass is 19.3. The lowest BCUT2D eigenvalue weighted by Gasteiger charge is -2.37. The summed E-state index contributed by atoms with van der Waals surface area (Å²) in [7, 11) is 2.06. The van der Waals surface area contributed by atoms with Crippen LogP contribution in [0.25, 0.3) is 22.0 Å². The van der Waals surface area contributed by atoms with E-state index in [1.165, 1.54) is 12.3 Å². The van der Waals surface area contributed by atoms with E-state index in [1.807, 2.05) is 42.5 Å². The van der Waals surface area contributed by atoms with E-state index in [9.17, 15) is 13.6 Å². The largest absolute Gasteiger partial charge is 0.349 e. The molecule has 6 nitrogen and oxygen atoms in total. The van der Waals surface area contributed by atoms with Crippen molar-refractivity contribution in [1.82, 2.24) is 25.2 Å². The standard InChI is InChI=1S/C27H25F2N5O/c1-34-8-7-22(33-27(35)17-5-3-2-4-6-17)12-25(34)23-11-18-9-20(15-31-24(18)16-32-23)19-10-21(26(28)29)14-30-13-19/h2-6,9-11,13-16,22,25-26H,7-8,12H2,1H3,(H,33,35). The fourth-order valence-corrected chi connectivity index (χ4v) is 4.54. The van der Waals surface area contributed by atoms with Gasteiger partial charge >= 0.3 is 0 Å². The van der Waals surface area contributed by atoms with Crippen LogP contribution in [0.15, 0.2) is 73.3 Å². The second kappa shape index (κ2) is 9.84. The topological polar surface area (TPSA) is 71.0 Å². The number of amides is 1. The number of hydrogen-bond donors (Lipinski definition) is 1. The number of likely N-dealkylation sites (tertiary alicyclic amines) is 1. The third-order valence-corrected chi connectivity index (χ3v) is 6.52. The van der Waals surface area contributed by atoms with E-state index in [0.29, 0.717) is 11.1 Å². The maximum Gasteiger partial charge on any atom is 0.265 e. The van der Waals surface area contributed by atoms with Gasteiger partial charge in [-0.15, -0.1) is 0 Å². The number of carbonyl (C=O) groups excluding carboxylic acids is 1. The van der Waals surface area contributed by atoms with Gasteiger partial charge in [0.2, 0.25) is 0 Å². The molecule has 1 fully saturated rings. The third kappa shape index (κ3) is 5.02. The second-order valence-corrected chi connectivity index (χ2v) is 8.89. The first-order chi connectivity index (χ1) is 17.0. The molecule has 0 bridgehead atoms. The SMILES string of the molecule is CN1CCC(NC(=O)c2ccccc2)CC1c1cc2cc(-c3cncc(C(F)F)c3)cnc2cn1. The first-order valence-electron chi connectivity index (χ1n) is 11.5. The van der Waals surface area contributed by atoms with Crippen molar-refractivity contribution in [3.8, 4) is 11.1 Å². The number of rotatable bonds is 5. The molecule has 0 aliphatic carbocycles. The molecule has 0 spiro atoms. The van der Waals surface area contributed by atoms with Gasteiger partial charge in [-0.2, -0.15) is 0 Å². The molecule has 35 heavy (non-hydrogen) atoms. The van der Waals surface area contributed by atoms with Gasteiger partial charge in [0.25, 0.3) is 12.3 Å². The maximum atomic E-state index is 13.1. The number of aromatic nitrogens is 3. The summed E-state index contributed by atoms with van der Waals surface area (Å²) >= 11 is 0. The van der Waals surface area contributed by atoms with Gasteiger partial charge in [-0.05, 0) is 50.2 Å². The molecule has 178 valence electrons. The number of halogens is 2. The monoisotopic (exact) mass is 473 g/mol. The van der Waals surface area contributed by atoms with Gasteiger partial charge in [-0.25, -0.2) is 8.78 Å². The Labute approximate surface area is 202 Å². The van der Waals surface area contributed by atoms with Crippen LogP contribution < -0.4 is 5.32 Å². The van der Waals surface area contributed by atoms with Crippen molar-refractivity contribution in [3.05, 3.63) is 90.1 Å². The van der Waals surface area contributed by atoms with Crippen LogP contribution in [0, 0.1) is 0 Å². The van der Waals surface area contributed by atoms with Gasteiger partial charge in [-0.1, -0.05) is 18.2 Å². The Morgan fingerprint density at radius 1 is 1.03 bits per heavy atom. The molecule has 5 rings (SSSR count). The number of fused-ring (bicyclic) bond motifs is 1. The maximum absolute atomic E-state index is 13.1. The van der Waals surface area contributed by atoms with Crippen molar-refractivity contribution in [2.24, 2.45) is 0 Å². The molecule has 1 aliphatic rings. The minimum absolute atomic E-state index is 0.0294. The zero-order chi connectivity index (χ0) is 24.4. The minimum Gasteiger partial charge on any atom is -0.349 e. The van der Waals surface area contributed by atoms with Gasteiger partial charge in [0.1, 0.15) is 0 Å². The van der Waals surface area contributed by atoms with Crippen molar-refractivity contribution in [1.29, 1.82) is 0 Å². The molecule has 0 radical (unpaired) electrons. The summed E-state index contributed by atoms with van der Waals surface area (Å²) in [5.74, 6) is -0.0705. The molecule has 1 saturated heterocycles. The van der Waals surface area contributed by atoms with Crippen LogP contribution in [0.5, 0.6) is 0 Å². The molecular formula is C27H25F2N5O. The van der Waals surface area contributed by atoms with Crippen molar-refractivity contribution in [2.75, 3.05) is 13.6 Å². The summed E-state index contributed by atoms with van der Waals surface area (Å²) in [4.78, 5) is 28.0. The molecule has 8 heteroatoms. The van der Waals surface area contributed by atoms with Crippen LogP contribution in [0.2, 0.25) is 0 Å². The zero-order valence-corrected chi connectivity index (χ0v) is 19.2. The molecule has 4 heterocycles. The van der Waals surface area contributed by atoms with Gasteiger partial charge < -0.3 is 5.32 Å². The van der Waals surface area contributed by atoms with Crippen LogP contribution in [-0.4, -0.2) is 45.4 Å². The summed E-state index contributed by atoms with van der Waals surface area (Å²) in [6.07, 6.45) is 5.14. The van der Waals surface area contributed by atoms with Gasteiger partial charge in [0.05, 0.1) is 23.4 Å². The molecular weight excluding hydrogens is 448 g/mol. The predicted octanol–water partition coefficient (Wildman–Crippen LogP) is 5.19. The summed E-state index contributed by atoms with van der Waals surface area (Å²) in [6, 6.07) is 14.7. The zero-order valence-electron chi connectivity index (χ0n) is 19.2. The fraction of sp³-hybridized carbons (Fsp3) is 0.259. The molecule has 1 aromatic carbocycles. The number of benzene rings is 1. The average Bonchev–Trinajstić information content (AvgIpc) is 2.89. The number of alkyl halides is 2. The lowest BCUT2D eigenvalue weighted by atomic mass is 9.94. The summed E-state index contributed by atoms with van der Waals surface area (Å²) in [6.45, 7) is 0.828. The number of pyridine rings is 3. The smallest absolute Gasteiger partial charge is 0.265 e. The minimum atomic E-state index is -2.58. The first kappa shape index (κ1) is 23.0. The lowest BCUT2D eigenvalue weighted by molar-refractivity contribution is 0.0886. The summed E-state index contributed by atoms with van der Waals surface area (Å²) < 4.78 is 26.2. The van der Waals surface area contributed by atoms with Gasteiger partial charge in [0, 0.05) is 58.8 Å². The Kier molecular flexibility index (Phi) is 6.46. The molecule has 1 N–H and O–H groups in total. The van der Waals surface area contributed by atoms with Gasteiger partial charge in [0.15, 0.2) is 0 Å². The Balaban J connectivity index is 1.39. The fourth-order valence-electron chi connectivity index (χ4n) is 4.54. The van der Waals surface area contributed by atoms with E-state index in [4.69, 9.17) is 0 Å². The van der Waals surface area contributed by atoms with Crippen molar-refractivity contribution >= 4 is 16.8 Å². The molecule has 1 aliphatic heterocycles. The normalized spacial score (nSPS) is 18.6. The molecule has 1 amide bonds. The highest BCUT2D eigenvalue weighted by Gasteiger charge is 2.29. The van der Waals surface area contributed by atoms with Gasteiger partial charge in [-0.3, -0.25) is 24.6 Å².